The van der Waals surface area contributed by atoms with Crippen LogP contribution in [-0.4, -0.2) is 60.5 Å². The van der Waals surface area contributed by atoms with E-state index in [1.807, 2.05) is 4.90 Å². The van der Waals surface area contributed by atoms with Crippen LogP contribution in [-0.2, 0) is 23.9 Å². The van der Waals surface area contributed by atoms with Gasteiger partial charge < -0.3 is 19.2 Å². The molecular weight excluding hydrogens is 266 g/mol. The second-order valence-electron chi connectivity index (χ2n) is 4.54. The predicted octanol–water partition coefficient (Wildman–Crippen LogP) is 0.0936. The SMILES string of the molecule is CCC(=O)OC1N=CN(CC2CO2)CN1OC(=O)CC. The summed E-state index contributed by atoms with van der Waals surface area (Å²) in [5, 5.41) is 1.27. The van der Waals surface area contributed by atoms with Gasteiger partial charge >= 0.3 is 11.9 Å². The number of carbonyl (C=O) groups excluding carboxylic acids is 2. The molecule has 0 aromatic heterocycles. The number of rotatable bonds is 6. The van der Waals surface area contributed by atoms with Crippen molar-refractivity contribution in [1.82, 2.24) is 9.96 Å². The highest BCUT2D eigenvalue weighted by atomic mass is 16.7. The van der Waals surface area contributed by atoms with Crippen LogP contribution >= 0.6 is 0 Å². The molecule has 2 heterocycles. The third kappa shape index (κ3) is 4.17. The molecule has 2 unspecified atom stereocenters. The van der Waals surface area contributed by atoms with Gasteiger partial charge in [-0.05, 0) is 0 Å². The van der Waals surface area contributed by atoms with Crippen molar-refractivity contribution in [3.63, 3.8) is 0 Å². The molecule has 0 N–H and O–H groups in total. The summed E-state index contributed by atoms with van der Waals surface area (Å²) in [7, 11) is 0. The van der Waals surface area contributed by atoms with Gasteiger partial charge in [0.05, 0.1) is 19.0 Å². The standard InChI is InChI=1S/C12H19N3O5/c1-3-10(16)19-12-13-7-14(5-9-6-18-9)8-15(12)20-11(17)4-2/h7,9,12H,3-6,8H2,1-2H3. The summed E-state index contributed by atoms with van der Waals surface area (Å²) in [4.78, 5) is 33.9. The van der Waals surface area contributed by atoms with Gasteiger partial charge in [0.15, 0.2) is 0 Å². The molecule has 0 saturated carbocycles. The van der Waals surface area contributed by atoms with Crippen molar-refractivity contribution in [2.24, 2.45) is 4.99 Å². The number of esters is 1. The van der Waals surface area contributed by atoms with Crippen LogP contribution in [0.3, 0.4) is 0 Å². The van der Waals surface area contributed by atoms with Gasteiger partial charge in [-0.2, -0.15) is 0 Å². The Labute approximate surface area is 117 Å². The lowest BCUT2D eigenvalue weighted by Crippen LogP contribution is -2.50. The van der Waals surface area contributed by atoms with E-state index in [2.05, 4.69) is 4.99 Å². The fourth-order valence-corrected chi connectivity index (χ4v) is 1.61. The van der Waals surface area contributed by atoms with E-state index in [1.54, 1.807) is 20.2 Å². The molecule has 1 fully saturated rings. The van der Waals surface area contributed by atoms with Crippen LogP contribution in [0.1, 0.15) is 26.7 Å². The van der Waals surface area contributed by atoms with Crippen molar-refractivity contribution in [2.75, 3.05) is 19.8 Å². The molecule has 2 atom stereocenters. The molecule has 1 saturated heterocycles. The zero-order valence-electron chi connectivity index (χ0n) is 11.7. The second-order valence-corrected chi connectivity index (χ2v) is 4.54. The van der Waals surface area contributed by atoms with E-state index in [9.17, 15) is 9.59 Å². The smallest absolute Gasteiger partial charge is 0.325 e. The average Bonchev–Trinajstić information content (AvgIpc) is 3.25. The summed E-state index contributed by atoms with van der Waals surface area (Å²) in [6.45, 7) is 5.06. The van der Waals surface area contributed by atoms with Crippen LogP contribution in [0.25, 0.3) is 0 Å². The number of carbonyl (C=O) groups is 2. The Morgan fingerprint density at radius 2 is 2.05 bits per heavy atom. The molecule has 2 aliphatic rings. The highest BCUT2D eigenvalue weighted by molar-refractivity contribution is 5.70. The van der Waals surface area contributed by atoms with E-state index in [0.29, 0.717) is 6.54 Å². The molecule has 20 heavy (non-hydrogen) atoms. The Kier molecular flexibility index (Phi) is 4.91. The Hall–Kier alpha value is -1.67. The maximum absolute atomic E-state index is 11.4. The van der Waals surface area contributed by atoms with Gasteiger partial charge in [-0.15, -0.1) is 0 Å². The first kappa shape index (κ1) is 14.7. The molecule has 0 aromatic carbocycles. The lowest BCUT2D eigenvalue weighted by atomic mass is 10.4. The highest BCUT2D eigenvalue weighted by Gasteiger charge is 2.32. The van der Waals surface area contributed by atoms with E-state index in [-0.39, 0.29) is 25.6 Å². The molecule has 0 bridgehead atoms. The molecule has 112 valence electrons. The van der Waals surface area contributed by atoms with Crippen LogP contribution < -0.4 is 0 Å². The Balaban J connectivity index is 1.97. The third-order valence-electron chi connectivity index (χ3n) is 2.80. The maximum atomic E-state index is 11.4. The first-order valence-corrected chi connectivity index (χ1v) is 6.68. The minimum atomic E-state index is -0.922. The molecular formula is C12H19N3O5. The molecule has 2 aliphatic heterocycles. The van der Waals surface area contributed by atoms with Crippen molar-refractivity contribution in [3.05, 3.63) is 0 Å². The quantitative estimate of drug-likeness (QED) is 0.505. The van der Waals surface area contributed by atoms with Gasteiger partial charge in [0, 0.05) is 19.4 Å². The van der Waals surface area contributed by atoms with Crippen LogP contribution in [0.5, 0.6) is 0 Å². The van der Waals surface area contributed by atoms with Crippen molar-refractivity contribution in [2.45, 2.75) is 39.1 Å². The number of nitrogens with zero attached hydrogens (tertiary/aromatic N) is 3. The van der Waals surface area contributed by atoms with Crippen LogP contribution in [0.2, 0.25) is 0 Å². The highest BCUT2D eigenvalue weighted by Crippen LogP contribution is 2.16. The first-order chi connectivity index (χ1) is 9.62. The molecule has 0 aliphatic carbocycles. The van der Waals surface area contributed by atoms with E-state index < -0.39 is 18.3 Å². The van der Waals surface area contributed by atoms with E-state index in [0.717, 1.165) is 6.61 Å². The second kappa shape index (κ2) is 6.67. The Morgan fingerprint density at radius 3 is 2.65 bits per heavy atom. The summed E-state index contributed by atoms with van der Waals surface area (Å²) in [6.07, 6.45) is 1.34. The summed E-state index contributed by atoms with van der Waals surface area (Å²) < 4.78 is 10.3. The van der Waals surface area contributed by atoms with Gasteiger partial charge in [-0.1, -0.05) is 18.9 Å². The molecule has 0 amide bonds. The fourth-order valence-electron chi connectivity index (χ4n) is 1.61. The lowest BCUT2D eigenvalue weighted by Gasteiger charge is -2.34. The summed E-state index contributed by atoms with van der Waals surface area (Å²) in [5.41, 5.74) is 0. The largest absolute Gasteiger partial charge is 0.422 e. The van der Waals surface area contributed by atoms with Gasteiger partial charge in [0.2, 0.25) is 0 Å². The molecule has 8 heteroatoms. The first-order valence-electron chi connectivity index (χ1n) is 6.68. The van der Waals surface area contributed by atoms with E-state index in [4.69, 9.17) is 14.3 Å². The molecule has 0 aromatic rings. The van der Waals surface area contributed by atoms with Crippen molar-refractivity contribution >= 4 is 18.3 Å². The zero-order valence-corrected chi connectivity index (χ0v) is 11.7. The minimum absolute atomic E-state index is 0.194. The van der Waals surface area contributed by atoms with Crippen LogP contribution in [0.4, 0.5) is 0 Å². The normalized spacial score (nSPS) is 25.4. The monoisotopic (exact) mass is 285 g/mol. The van der Waals surface area contributed by atoms with Crippen LogP contribution in [0, 0.1) is 0 Å². The van der Waals surface area contributed by atoms with E-state index in [1.165, 1.54) is 5.06 Å². The molecule has 0 spiro atoms. The van der Waals surface area contributed by atoms with Crippen LogP contribution in [0.15, 0.2) is 4.99 Å². The van der Waals surface area contributed by atoms with Crippen molar-refractivity contribution in [3.8, 4) is 0 Å². The van der Waals surface area contributed by atoms with Gasteiger partial charge in [0.25, 0.3) is 6.35 Å². The molecule has 0 radical (unpaired) electrons. The van der Waals surface area contributed by atoms with Gasteiger partial charge in [0.1, 0.15) is 6.67 Å². The fraction of sp³-hybridized carbons (Fsp3) is 0.750. The van der Waals surface area contributed by atoms with E-state index >= 15 is 0 Å². The number of hydrogen-bond donors (Lipinski definition) is 0. The zero-order chi connectivity index (χ0) is 14.5. The Morgan fingerprint density at radius 1 is 1.35 bits per heavy atom. The summed E-state index contributed by atoms with van der Waals surface area (Å²) >= 11 is 0. The van der Waals surface area contributed by atoms with Gasteiger partial charge in [-0.25, -0.2) is 4.99 Å². The topological polar surface area (TPSA) is 84.0 Å². The number of ether oxygens (including phenoxy) is 2. The lowest BCUT2D eigenvalue weighted by molar-refractivity contribution is -0.252. The average molecular weight is 285 g/mol. The molecule has 8 nitrogen and oxygen atoms in total. The molecule has 2 rings (SSSR count). The number of epoxide rings is 1. The third-order valence-corrected chi connectivity index (χ3v) is 2.80. The number of aliphatic imine (C=N–C) groups is 1. The van der Waals surface area contributed by atoms with Gasteiger partial charge in [-0.3, -0.25) is 9.59 Å². The Bertz CT molecular complexity index is 397. The van der Waals surface area contributed by atoms with Crippen molar-refractivity contribution < 1.29 is 23.9 Å². The number of hydroxylamine groups is 2. The maximum Gasteiger partial charge on any atom is 0.325 e. The van der Waals surface area contributed by atoms with Crippen molar-refractivity contribution in [1.29, 1.82) is 0 Å². The summed E-state index contributed by atoms with van der Waals surface area (Å²) in [5.74, 6) is -0.800. The summed E-state index contributed by atoms with van der Waals surface area (Å²) in [6, 6.07) is 0. The predicted molar refractivity (Wildman–Crippen MR) is 68.2 cm³/mol. The number of hydrogen-bond acceptors (Lipinski definition) is 8. The minimum Gasteiger partial charge on any atom is -0.422 e.